The summed E-state index contributed by atoms with van der Waals surface area (Å²) >= 11 is 0. The lowest BCUT2D eigenvalue weighted by atomic mass is 9.85. The van der Waals surface area contributed by atoms with E-state index in [4.69, 9.17) is 31.5 Å². The Morgan fingerprint density at radius 1 is 0.362 bits per heavy atom. The molecule has 4 nitrogen and oxygen atoms in total. The van der Waals surface area contributed by atoms with Crippen molar-refractivity contribution in [3.63, 3.8) is 0 Å². The summed E-state index contributed by atoms with van der Waals surface area (Å²) in [6, 6.07) is 49.6. The van der Waals surface area contributed by atoms with E-state index in [1.807, 2.05) is 72.6 Å². The van der Waals surface area contributed by atoms with E-state index in [0.717, 1.165) is 56.0 Å². The molecule has 0 radical (unpaired) electrons. The predicted molar refractivity (Wildman–Crippen MR) is 241 cm³/mol. The first-order valence-electron chi connectivity index (χ1n) is 19.2. The number of benzene rings is 10. The van der Waals surface area contributed by atoms with Crippen molar-refractivity contribution >= 4 is 91.0 Å². The SMILES string of the molecule is C#Cc1ccc2ccc3c(C#C)ccc4ccc1c2c43.C(=C\c1ccc2ccc3c(/C=C/B4Oc5ccccc5O4)ccc4ccc1c2c43)/B1Oc2ccccc2O1. The maximum Gasteiger partial charge on any atom is 0.625 e. The minimum Gasteiger partial charge on any atom is -0.520 e. The highest BCUT2D eigenvalue weighted by atomic mass is 16.6. The van der Waals surface area contributed by atoms with Gasteiger partial charge in [0.05, 0.1) is 0 Å². The second-order valence-corrected chi connectivity index (χ2v) is 14.5. The average molecular weight is 740 g/mol. The van der Waals surface area contributed by atoms with Crippen LogP contribution in [0.25, 0.3) is 76.8 Å². The van der Waals surface area contributed by atoms with E-state index in [2.05, 4.69) is 109 Å². The molecule has 58 heavy (non-hydrogen) atoms. The highest BCUT2D eigenvalue weighted by Crippen LogP contribution is 2.40. The molecule has 0 fully saturated rings. The Morgan fingerprint density at radius 2 is 0.672 bits per heavy atom. The van der Waals surface area contributed by atoms with Gasteiger partial charge in [-0.15, -0.1) is 12.8 Å². The third kappa shape index (κ3) is 5.47. The third-order valence-electron chi connectivity index (χ3n) is 11.2. The topological polar surface area (TPSA) is 36.9 Å². The first-order chi connectivity index (χ1) is 28.6. The molecule has 0 bridgehead atoms. The minimum absolute atomic E-state index is 0.436. The molecule has 0 N–H and O–H groups in total. The lowest BCUT2D eigenvalue weighted by Gasteiger charge is -2.14. The van der Waals surface area contributed by atoms with Gasteiger partial charge in [-0.3, -0.25) is 0 Å². The van der Waals surface area contributed by atoms with Gasteiger partial charge in [0, 0.05) is 11.1 Å². The molecule has 0 saturated carbocycles. The first kappa shape index (κ1) is 33.5. The molecule has 0 saturated heterocycles. The van der Waals surface area contributed by atoms with Gasteiger partial charge in [-0.05, 0) is 124 Å². The van der Waals surface area contributed by atoms with Crippen molar-refractivity contribution in [2.24, 2.45) is 0 Å². The van der Waals surface area contributed by atoms with Gasteiger partial charge < -0.3 is 18.6 Å². The molecule has 268 valence electrons. The molecule has 2 heterocycles. The normalized spacial score (nSPS) is 13.1. The Hall–Kier alpha value is -7.79. The summed E-state index contributed by atoms with van der Waals surface area (Å²) in [5, 5.41) is 14.4. The average Bonchev–Trinajstić information content (AvgIpc) is 3.90. The molecule has 2 aliphatic heterocycles. The summed E-state index contributed by atoms with van der Waals surface area (Å²) < 4.78 is 23.7. The lowest BCUT2D eigenvalue weighted by Crippen LogP contribution is -2.21. The van der Waals surface area contributed by atoms with Crippen LogP contribution in [0, 0.1) is 24.7 Å². The van der Waals surface area contributed by atoms with Crippen molar-refractivity contribution in [2.45, 2.75) is 0 Å². The summed E-state index contributed by atoms with van der Waals surface area (Å²) in [4.78, 5) is 0. The van der Waals surface area contributed by atoms with Crippen molar-refractivity contribution in [1.82, 2.24) is 0 Å². The Bertz CT molecular complexity index is 3130. The minimum atomic E-state index is -0.436. The fourth-order valence-corrected chi connectivity index (χ4v) is 8.55. The molecule has 0 amide bonds. The monoisotopic (exact) mass is 740 g/mol. The van der Waals surface area contributed by atoms with Crippen LogP contribution in [0.2, 0.25) is 0 Å². The second kappa shape index (κ2) is 13.5. The van der Waals surface area contributed by atoms with E-state index < -0.39 is 14.2 Å². The number of rotatable bonds is 4. The van der Waals surface area contributed by atoms with Crippen LogP contribution >= 0.6 is 0 Å². The zero-order valence-corrected chi connectivity index (χ0v) is 31.1. The molecule has 10 aromatic carbocycles. The molecule has 10 aromatic rings. The fraction of sp³-hybridized carbons (Fsp3) is 0. The zero-order valence-electron chi connectivity index (χ0n) is 31.1. The Balaban J connectivity index is 0.000000162. The van der Waals surface area contributed by atoms with Crippen LogP contribution in [0.3, 0.4) is 0 Å². The third-order valence-corrected chi connectivity index (χ3v) is 11.2. The van der Waals surface area contributed by atoms with Crippen molar-refractivity contribution < 1.29 is 18.6 Å². The van der Waals surface area contributed by atoms with Gasteiger partial charge in [-0.25, -0.2) is 0 Å². The first-order valence-corrected chi connectivity index (χ1v) is 19.2. The lowest BCUT2D eigenvalue weighted by molar-refractivity contribution is 0.517. The summed E-state index contributed by atoms with van der Waals surface area (Å²) in [5.41, 5.74) is 4.11. The van der Waals surface area contributed by atoms with Gasteiger partial charge in [0.2, 0.25) is 0 Å². The van der Waals surface area contributed by atoms with Gasteiger partial charge in [0.1, 0.15) is 23.0 Å². The van der Waals surface area contributed by atoms with Crippen molar-refractivity contribution in [1.29, 1.82) is 0 Å². The summed E-state index contributed by atoms with van der Waals surface area (Å²) in [6.07, 6.45) is 15.4. The van der Waals surface area contributed by atoms with Crippen molar-refractivity contribution in [3.8, 4) is 47.7 Å². The van der Waals surface area contributed by atoms with E-state index in [1.54, 1.807) is 0 Å². The molecule has 0 spiro atoms. The number of hydrogen-bond acceptors (Lipinski definition) is 4. The molecule has 0 atom stereocenters. The maximum atomic E-state index is 5.92. The number of terminal acetylenes is 2. The summed E-state index contributed by atoms with van der Waals surface area (Å²) in [6.45, 7) is 0. The van der Waals surface area contributed by atoms with E-state index in [0.29, 0.717) is 0 Å². The van der Waals surface area contributed by atoms with Crippen LogP contribution < -0.4 is 18.6 Å². The molecule has 0 aromatic heterocycles. The molecule has 6 heteroatoms. The largest absolute Gasteiger partial charge is 0.625 e. The Labute approximate surface area is 335 Å². The maximum absolute atomic E-state index is 5.92. The second-order valence-electron chi connectivity index (χ2n) is 14.5. The fourth-order valence-electron chi connectivity index (χ4n) is 8.55. The number of hydrogen-bond donors (Lipinski definition) is 0. The molecule has 0 aliphatic carbocycles. The van der Waals surface area contributed by atoms with E-state index in [9.17, 15) is 0 Å². The van der Waals surface area contributed by atoms with Crippen LogP contribution in [-0.4, -0.2) is 14.2 Å². The van der Waals surface area contributed by atoms with E-state index in [-0.39, 0.29) is 0 Å². The highest BCUT2D eigenvalue weighted by molar-refractivity contribution is 6.55. The van der Waals surface area contributed by atoms with Crippen molar-refractivity contribution in [3.05, 3.63) is 180 Å². The molecular weight excluding hydrogens is 710 g/mol. The van der Waals surface area contributed by atoms with Crippen LogP contribution in [-0.2, 0) is 0 Å². The van der Waals surface area contributed by atoms with Crippen LogP contribution in [0.1, 0.15) is 22.3 Å². The van der Waals surface area contributed by atoms with Gasteiger partial charge in [-0.1, -0.05) is 133 Å². The van der Waals surface area contributed by atoms with E-state index >= 15 is 0 Å². The van der Waals surface area contributed by atoms with Gasteiger partial charge in [0.15, 0.2) is 0 Å². The standard InChI is InChI=1S/C32H20B2O4.C20H10/c1-2-6-28-27(5-1)35-33(36-28)19-17-21-9-11-23-14-16-26-22(10-12-24-13-15-25(21)31(23)32(24)26)18-20-34-37-29-7-3-4-8-30(29)38-34;1-3-13-5-7-15-10-12-18-14(4-2)6-8-16-9-11-17(13)19(15)20(16)18/h1-20H;1-2,5-12H/b19-17+,20-18+;. The quantitative estimate of drug-likeness (QED) is 0.102. The number of fused-ring (bicyclic) bond motifs is 2. The molecule has 0 unspecified atom stereocenters. The van der Waals surface area contributed by atoms with Crippen LogP contribution in [0.15, 0.2) is 158 Å². The van der Waals surface area contributed by atoms with Gasteiger partial charge in [0.25, 0.3) is 0 Å². The predicted octanol–water partition coefficient (Wildman–Crippen LogP) is 12.2. The molecule has 2 aliphatic rings. The smallest absolute Gasteiger partial charge is 0.520 e. The molecular formula is C52H30B2O4. The van der Waals surface area contributed by atoms with Gasteiger partial charge in [-0.2, -0.15) is 0 Å². The van der Waals surface area contributed by atoms with E-state index in [1.165, 1.54) is 53.9 Å². The summed E-state index contributed by atoms with van der Waals surface area (Å²) in [7, 11) is -0.873. The van der Waals surface area contributed by atoms with Crippen LogP contribution in [0.4, 0.5) is 0 Å². The zero-order chi connectivity index (χ0) is 38.7. The Morgan fingerprint density at radius 3 is 1.03 bits per heavy atom. The highest BCUT2D eigenvalue weighted by Gasteiger charge is 2.30. The molecule has 12 rings (SSSR count). The van der Waals surface area contributed by atoms with Crippen molar-refractivity contribution in [2.75, 3.05) is 0 Å². The van der Waals surface area contributed by atoms with Gasteiger partial charge >= 0.3 is 14.2 Å². The number of para-hydroxylation sites is 4. The van der Waals surface area contributed by atoms with Crippen LogP contribution in [0.5, 0.6) is 23.0 Å². The Kier molecular flexibility index (Phi) is 7.78. The summed E-state index contributed by atoms with van der Waals surface area (Å²) in [5.74, 6) is 12.6.